The minimum Gasteiger partial charge on any atom is -0.478 e. The zero-order valence-electron chi connectivity index (χ0n) is 6.82. The standard InChI is InChI=1S/C8H6N2O2.H3N/c11-8(12)5-1-2-6-7(3-5)10-4-9-6;/h1-4H,(H,9,10)(H,11,12);1H3. The molecule has 0 unspecified atom stereocenters. The Morgan fingerprint density at radius 1 is 1.46 bits per heavy atom. The van der Waals surface area contributed by atoms with E-state index in [9.17, 15) is 4.79 Å². The lowest BCUT2D eigenvalue weighted by Gasteiger charge is -1.92. The van der Waals surface area contributed by atoms with Crippen molar-refractivity contribution in [2.45, 2.75) is 0 Å². The highest BCUT2D eigenvalue weighted by Crippen LogP contribution is 2.10. The van der Waals surface area contributed by atoms with Crippen LogP contribution in [0.1, 0.15) is 10.4 Å². The van der Waals surface area contributed by atoms with Gasteiger partial charge in [-0.15, -0.1) is 0 Å². The van der Waals surface area contributed by atoms with E-state index in [4.69, 9.17) is 5.11 Å². The first kappa shape index (κ1) is 9.21. The van der Waals surface area contributed by atoms with Crippen LogP contribution in [0.25, 0.3) is 11.0 Å². The molecule has 1 heterocycles. The number of fused-ring (bicyclic) bond motifs is 1. The maximum atomic E-state index is 10.5. The van der Waals surface area contributed by atoms with Crippen LogP contribution in [0.4, 0.5) is 0 Å². The van der Waals surface area contributed by atoms with Crippen LogP contribution >= 0.6 is 0 Å². The maximum absolute atomic E-state index is 10.5. The summed E-state index contributed by atoms with van der Waals surface area (Å²) in [6.07, 6.45) is 1.54. The molecule has 0 aliphatic rings. The largest absolute Gasteiger partial charge is 0.478 e. The zero-order chi connectivity index (χ0) is 8.55. The van der Waals surface area contributed by atoms with Crippen molar-refractivity contribution in [1.29, 1.82) is 0 Å². The number of aromatic amines is 1. The number of rotatable bonds is 1. The van der Waals surface area contributed by atoms with Crippen molar-refractivity contribution in [2.24, 2.45) is 0 Å². The predicted octanol–water partition coefficient (Wildman–Crippen LogP) is 1.42. The number of aromatic carboxylic acids is 1. The third-order valence-electron chi connectivity index (χ3n) is 1.67. The first-order chi connectivity index (χ1) is 5.77. The number of imidazole rings is 1. The Balaban J connectivity index is 0.000000845. The van der Waals surface area contributed by atoms with Gasteiger partial charge in [0.05, 0.1) is 22.9 Å². The molecule has 5 nitrogen and oxygen atoms in total. The minimum atomic E-state index is -0.925. The molecule has 0 aliphatic heterocycles. The van der Waals surface area contributed by atoms with Crippen LogP contribution in [0.15, 0.2) is 24.5 Å². The van der Waals surface area contributed by atoms with Crippen molar-refractivity contribution < 1.29 is 9.90 Å². The molecule has 0 saturated heterocycles. The van der Waals surface area contributed by atoms with Crippen LogP contribution in [0, 0.1) is 0 Å². The van der Waals surface area contributed by atoms with Gasteiger partial charge in [-0.2, -0.15) is 0 Å². The minimum absolute atomic E-state index is 0. The van der Waals surface area contributed by atoms with E-state index in [2.05, 4.69) is 9.97 Å². The lowest BCUT2D eigenvalue weighted by atomic mass is 10.2. The second-order valence-electron chi connectivity index (χ2n) is 2.44. The Bertz CT molecular complexity index is 436. The number of nitrogens with zero attached hydrogens (tertiary/aromatic N) is 1. The third-order valence-corrected chi connectivity index (χ3v) is 1.67. The second kappa shape index (κ2) is 3.24. The van der Waals surface area contributed by atoms with Gasteiger partial charge in [0.2, 0.25) is 0 Å². The SMILES string of the molecule is N.O=C(O)c1ccc2nc[nH]c2c1. The number of benzene rings is 1. The number of nitrogens with one attached hydrogen (secondary N) is 1. The van der Waals surface area contributed by atoms with Crippen molar-refractivity contribution in [3.05, 3.63) is 30.1 Å². The van der Waals surface area contributed by atoms with Gasteiger partial charge in [0, 0.05) is 0 Å². The number of hydrogen-bond acceptors (Lipinski definition) is 3. The Morgan fingerprint density at radius 2 is 2.23 bits per heavy atom. The van der Waals surface area contributed by atoms with Crippen molar-refractivity contribution in [3.8, 4) is 0 Å². The molecule has 0 amide bonds. The van der Waals surface area contributed by atoms with Crippen molar-refractivity contribution in [3.63, 3.8) is 0 Å². The summed E-state index contributed by atoms with van der Waals surface area (Å²) in [5.41, 5.74) is 1.79. The fourth-order valence-corrected chi connectivity index (χ4v) is 1.07. The smallest absolute Gasteiger partial charge is 0.335 e. The topological polar surface area (TPSA) is 101 Å². The molecule has 0 fully saturated rings. The average molecular weight is 179 g/mol. The van der Waals surface area contributed by atoms with Gasteiger partial charge in [0.25, 0.3) is 0 Å². The Kier molecular flexibility index (Phi) is 2.29. The molecule has 5 heteroatoms. The Morgan fingerprint density at radius 3 is 2.92 bits per heavy atom. The number of carbonyl (C=O) groups is 1. The molecule has 2 aromatic rings. The monoisotopic (exact) mass is 179 g/mol. The van der Waals surface area contributed by atoms with Crippen LogP contribution in [0.3, 0.4) is 0 Å². The zero-order valence-corrected chi connectivity index (χ0v) is 6.82. The summed E-state index contributed by atoms with van der Waals surface area (Å²) in [5, 5.41) is 8.65. The van der Waals surface area contributed by atoms with Gasteiger partial charge in [0.1, 0.15) is 0 Å². The van der Waals surface area contributed by atoms with Crippen molar-refractivity contribution >= 4 is 17.0 Å². The highest BCUT2D eigenvalue weighted by molar-refractivity contribution is 5.92. The number of carboxylic acid groups (broad SMARTS) is 1. The lowest BCUT2D eigenvalue weighted by molar-refractivity contribution is 0.0697. The third kappa shape index (κ3) is 1.50. The van der Waals surface area contributed by atoms with E-state index in [0.717, 1.165) is 11.0 Å². The summed E-state index contributed by atoms with van der Waals surface area (Å²) < 4.78 is 0. The van der Waals surface area contributed by atoms with E-state index < -0.39 is 5.97 Å². The fraction of sp³-hybridized carbons (Fsp3) is 0. The normalized spacial score (nSPS) is 9.54. The summed E-state index contributed by atoms with van der Waals surface area (Å²) in [5.74, 6) is -0.925. The van der Waals surface area contributed by atoms with Crippen LogP contribution in [0.2, 0.25) is 0 Å². The van der Waals surface area contributed by atoms with Crippen molar-refractivity contribution in [2.75, 3.05) is 0 Å². The van der Waals surface area contributed by atoms with Gasteiger partial charge in [-0.3, -0.25) is 0 Å². The molecule has 0 bridgehead atoms. The van der Waals surface area contributed by atoms with E-state index >= 15 is 0 Å². The van der Waals surface area contributed by atoms with Gasteiger partial charge in [0.15, 0.2) is 0 Å². The fourth-order valence-electron chi connectivity index (χ4n) is 1.07. The molecular formula is C8H9N3O2. The number of aromatic nitrogens is 2. The van der Waals surface area contributed by atoms with Crippen LogP contribution in [-0.2, 0) is 0 Å². The second-order valence-corrected chi connectivity index (χ2v) is 2.44. The van der Waals surface area contributed by atoms with Gasteiger partial charge in [-0.25, -0.2) is 9.78 Å². The first-order valence-electron chi connectivity index (χ1n) is 3.44. The molecule has 1 aromatic heterocycles. The Labute approximate surface area is 74.0 Å². The van der Waals surface area contributed by atoms with E-state index in [0.29, 0.717) is 0 Å². The highest BCUT2D eigenvalue weighted by atomic mass is 16.4. The molecular weight excluding hydrogens is 170 g/mol. The van der Waals surface area contributed by atoms with Gasteiger partial charge in [-0.05, 0) is 18.2 Å². The molecule has 68 valence electrons. The quantitative estimate of drug-likeness (QED) is 0.616. The lowest BCUT2D eigenvalue weighted by Crippen LogP contribution is -1.94. The van der Waals surface area contributed by atoms with Crippen LogP contribution in [0.5, 0.6) is 0 Å². The van der Waals surface area contributed by atoms with Crippen LogP contribution < -0.4 is 6.15 Å². The summed E-state index contributed by atoms with van der Waals surface area (Å²) in [7, 11) is 0. The molecule has 1 aromatic carbocycles. The van der Waals surface area contributed by atoms with E-state index in [1.54, 1.807) is 12.1 Å². The molecule has 0 atom stereocenters. The maximum Gasteiger partial charge on any atom is 0.335 e. The number of H-pyrrole nitrogens is 1. The van der Waals surface area contributed by atoms with E-state index in [1.807, 2.05) is 0 Å². The molecule has 5 N–H and O–H groups in total. The summed E-state index contributed by atoms with van der Waals surface area (Å²) in [6.45, 7) is 0. The number of carboxylic acids is 1. The van der Waals surface area contributed by atoms with Crippen LogP contribution in [-0.4, -0.2) is 21.0 Å². The summed E-state index contributed by atoms with van der Waals surface area (Å²) in [4.78, 5) is 17.3. The predicted molar refractivity (Wildman–Crippen MR) is 48.1 cm³/mol. The molecule has 0 aliphatic carbocycles. The highest BCUT2D eigenvalue weighted by Gasteiger charge is 2.03. The van der Waals surface area contributed by atoms with E-state index in [1.165, 1.54) is 12.4 Å². The molecule has 0 radical (unpaired) electrons. The first-order valence-corrected chi connectivity index (χ1v) is 3.44. The van der Waals surface area contributed by atoms with Gasteiger partial charge >= 0.3 is 5.97 Å². The Hall–Kier alpha value is -1.88. The molecule has 0 spiro atoms. The molecule has 13 heavy (non-hydrogen) atoms. The number of hydrogen-bond donors (Lipinski definition) is 3. The summed E-state index contributed by atoms with van der Waals surface area (Å²) in [6, 6.07) is 4.77. The molecule has 0 saturated carbocycles. The van der Waals surface area contributed by atoms with Gasteiger partial charge < -0.3 is 16.2 Å². The van der Waals surface area contributed by atoms with Gasteiger partial charge in [-0.1, -0.05) is 0 Å². The average Bonchev–Trinajstić information content (AvgIpc) is 2.49. The van der Waals surface area contributed by atoms with E-state index in [-0.39, 0.29) is 11.7 Å². The summed E-state index contributed by atoms with van der Waals surface area (Å²) >= 11 is 0. The van der Waals surface area contributed by atoms with Crippen molar-refractivity contribution in [1.82, 2.24) is 16.1 Å². The molecule has 2 rings (SSSR count).